The average molecular weight is 500 g/mol. The van der Waals surface area contributed by atoms with E-state index < -0.39 is 17.4 Å². The minimum atomic E-state index is -0.976. The summed E-state index contributed by atoms with van der Waals surface area (Å²) in [4.78, 5) is 37.8. The van der Waals surface area contributed by atoms with E-state index >= 15 is 0 Å². The van der Waals surface area contributed by atoms with Gasteiger partial charge in [-0.1, -0.05) is 17.7 Å². The lowest BCUT2D eigenvalue weighted by atomic mass is 10.2. The summed E-state index contributed by atoms with van der Waals surface area (Å²) < 4.78 is 23.4. The summed E-state index contributed by atoms with van der Waals surface area (Å²) in [6.07, 6.45) is 0.888. The van der Waals surface area contributed by atoms with Crippen LogP contribution < -0.4 is 20.9 Å². The van der Waals surface area contributed by atoms with E-state index in [1.165, 1.54) is 22.7 Å². The Labute approximate surface area is 204 Å². The first-order chi connectivity index (χ1) is 16.8. The minimum absolute atomic E-state index is 0.0412. The number of benzene rings is 1. The second kappa shape index (κ2) is 8.81. The highest BCUT2D eigenvalue weighted by atomic mass is 35.5. The van der Waals surface area contributed by atoms with Crippen LogP contribution in [0.25, 0.3) is 16.6 Å². The molecule has 5 rings (SSSR count). The summed E-state index contributed by atoms with van der Waals surface area (Å²) in [6, 6.07) is 6.82. The smallest absolute Gasteiger partial charge is 0.336 e. The second-order valence-corrected chi connectivity index (χ2v) is 8.90. The average Bonchev–Trinajstić information content (AvgIpc) is 3.46. The quantitative estimate of drug-likeness (QED) is 0.415. The Morgan fingerprint density at radius 2 is 2.06 bits per heavy atom. The highest BCUT2D eigenvalue weighted by Crippen LogP contribution is 2.30. The van der Waals surface area contributed by atoms with Gasteiger partial charge in [-0.15, -0.1) is 0 Å². The lowest BCUT2D eigenvalue weighted by molar-refractivity contribution is 0.364. The molecule has 1 saturated heterocycles. The lowest BCUT2D eigenvalue weighted by Crippen LogP contribution is -2.40. The highest BCUT2D eigenvalue weighted by Gasteiger charge is 2.27. The molecule has 10 nitrogen and oxygen atoms in total. The summed E-state index contributed by atoms with van der Waals surface area (Å²) in [5.41, 5.74) is 0.396. The highest BCUT2D eigenvalue weighted by molar-refractivity contribution is 6.31. The van der Waals surface area contributed by atoms with Crippen molar-refractivity contribution in [1.82, 2.24) is 28.9 Å². The van der Waals surface area contributed by atoms with E-state index in [0.29, 0.717) is 35.3 Å². The van der Waals surface area contributed by atoms with Crippen molar-refractivity contribution < 1.29 is 9.13 Å². The zero-order valence-corrected chi connectivity index (χ0v) is 20.2. The number of hydrogen-bond acceptors (Lipinski definition) is 7. The molecule has 4 heterocycles. The number of methoxy groups -OCH3 is 1. The van der Waals surface area contributed by atoms with Crippen molar-refractivity contribution in [2.45, 2.75) is 26.1 Å². The molecular weight excluding hydrogens is 477 g/mol. The van der Waals surface area contributed by atoms with Crippen molar-refractivity contribution in [1.29, 1.82) is 0 Å². The number of alkyl halides is 1. The minimum Gasteiger partial charge on any atom is -0.480 e. The molecule has 182 valence electrons. The Bertz CT molecular complexity index is 1560. The Morgan fingerprint density at radius 1 is 1.26 bits per heavy atom. The first kappa shape index (κ1) is 23.0. The Morgan fingerprint density at radius 3 is 2.69 bits per heavy atom. The van der Waals surface area contributed by atoms with E-state index in [0.717, 1.165) is 10.1 Å². The van der Waals surface area contributed by atoms with Gasteiger partial charge in [-0.2, -0.15) is 10.1 Å². The number of fused-ring (bicyclic) bond motifs is 1. The maximum Gasteiger partial charge on any atom is 0.336 e. The fourth-order valence-corrected chi connectivity index (χ4v) is 4.44. The number of anilines is 1. The van der Waals surface area contributed by atoms with Crippen molar-refractivity contribution in [3.05, 3.63) is 67.8 Å². The monoisotopic (exact) mass is 499 g/mol. The number of hydrogen-bond donors (Lipinski definition) is 0. The summed E-state index contributed by atoms with van der Waals surface area (Å²) in [7, 11) is 3.09. The van der Waals surface area contributed by atoms with Crippen LogP contribution in [-0.2, 0) is 13.6 Å². The number of aryl methyl sites for hydroxylation is 2. The molecule has 0 saturated carbocycles. The molecule has 0 amide bonds. The predicted octanol–water partition coefficient (Wildman–Crippen LogP) is 2.24. The topological polar surface area (TPSA) is 100 Å². The van der Waals surface area contributed by atoms with Gasteiger partial charge < -0.3 is 9.64 Å². The lowest BCUT2D eigenvalue weighted by Gasteiger charge is -2.20. The van der Waals surface area contributed by atoms with Gasteiger partial charge in [-0.05, 0) is 31.0 Å². The Balaban J connectivity index is 1.84. The second-order valence-electron chi connectivity index (χ2n) is 8.49. The summed E-state index contributed by atoms with van der Waals surface area (Å²) >= 11 is 6.39. The molecule has 0 unspecified atom stereocenters. The molecule has 0 N–H and O–H groups in total. The molecule has 1 aromatic carbocycles. The van der Waals surface area contributed by atoms with E-state index in [-0.39, 0.29) is 29.9 Å². The number of rotatable bonds is 5. The van der Waals surface area contributed by atoms with Crippen LogP contribution >= 0.6 is 11.6 Å². The van der Waals surface area contributed by atoms with Crippen LogP contribution in [0.15, 0.2) is 40.2 Å². The first-order valence-electron chi connectivity index (χ1n) is 11.0. The van der Waals surface area contributed by atoms with Gasteiger partial charge in [0.2, 0.25) is 5.88 Å². The number of halogens is 2. The molecule has 0 bridgehead atoms. The van der Waals surface area contributed by atoms with E-state index in [1.54, 1.807) is 36.2 Å². The van der Waals surface area contributed by atoms with Crippen molar-refractivity contribution >= 4 is 28.3 Å². The zero-order chi connectivity index (χ0) is 24.9. The maximum absolute atomic E-state index is 13.9. The SMILES string of the molecule is COc1nc(N2CC[C@@H](F)C2)cc2c1c(=O)n(Cc1ncn(C)n1)c(=O)n2-c1ccc(C)c(Cl)c1. The van der Waals surface area contributed by atoms with E-state index in [2.05, 4.69) is 15.1 Å². The van der Waals surface area contributed by atoms with Gasteiger partial charge in [0.05, 0.1) is 31.4 Å². The Hall–Kier alpha value is -3.73. The molecule has 12 heteroatoms. The normalized spacial score (nSPS) is 15.8. The van der Waals surface area contributed by atoms with Crippen LogP contribution in [0.3, 0.4) is 0 Å². The fourth-order valence-electron chi connectivity index (χ4n) is 4.26. The van der Waals surface area contributed by atoms with E-state index in [9.17, 15) is 14.0 Å². The summed E-state index contributed by atoms with van der Waals surface area (Å²) in [6.45, 7) is 2.34. The number of nitrogens with zero attached hydrogens (tertiary/aromatic N) is 7. The molecule has 4 aromatic rings. The van der Waals surface area contributed by atoms with Gasteiger partial charge in [0.15, 0.2) is 5.82 Å². The molecule has 1 atom stereocenters. The third-order valence-electron chi connectivity index (χ3n) is 6.08. The van der Waals surface area contributed by atoms with Crippen molar-refractivity contribution in [2.75, 3.05) is 25.1 Å². The van der Waals surface area contributed by atoms with Crippen LogP contribution in [0.1, 0.15) is 17.8 Å². The van der Waals surface area contributed by atoms with Crippen molar-refractivity contribution in [3.8, 4) is 11.6 Å². The standard InChI is InChI=1S/C23H23ClFN7O3/c1-13-4-5-15(8-16(13)24)32-17-9-19(30-7-6-14(25)10-30)27-21(35-3)20(17)22(33)31(23(32)34)11-18-26-12-29(2)28-18/h4-5,8-9,12,14H,6-7,10-11H2,1-3H3/t14-/m1/s1. The number of aromatic nitrogens is 6. The van der Waals surface area contributed by atoms with Crippen molar-refractivity contribution in [2.24, 2.45) is 7.05 Å². The maximum atomic E-state index is 13.9. The molecule has 1 aliphatic heterocycles. The number of pyridine rings is 1. The fraction of sp³-hybridized carbons (Fsp3) is 0.348. The third-order valence-corrected chi connectivity index (χ3v) is 6.49. The molecule has 35 heavy (non-hydrogen) atoms. The molecular formula is C23H23ClFN7O3. The zero-order valence-electron chi connectivity index (χ0n) is 19.4. The van der Waals surface area contributed by atoms with Crippen LogP contribution in [-0.4, -0.2) is 55.3 Å². The van der Waals surface area contributed by atoms with Crippen LogP contribution in [0.2, 0.25) is 5.02 Å². The molecule has 1 fully saturated rings. The Kier molecular flexibility index (Phi) is 5.79. The van der Waals surface area contributed by atoms with Crippen molar-refractivity contribution in [3.63, 3.8) is 0 Å². The van der Waals surface area contributed by atoms with Gasteiger partial charge in [-0.25, -0.2) is 14.2 Å². The summed E-state index contributed by atoms with van der Waals surface area (Å²) in [5, 5.41) is 4.78. The molecule has 0 radical (unpaired) electrons. The summed E-state index contributed by atoms with van der Waals surface area (Å²) in [5.74, 6) is 0.762. The van der Waals surface area contributed by atoms with Crippen LogP contribution in [0.5, 0.6) is 5.88 Å². The van der Waals surface area contributed by atoms with Gasteiger partial charge in [0.1, 0.15) is 23.7 Å². The number of ether oxygens (including phenoxy) is 1. The first-order valence-corrected chi connectivity index (χ1v) is 11.4. The van der Waals surface area contributed by atoms with E-state index in [1.807, 2.05) is 6.92 Å². The van der Waals surface area contributed by atoms with Gasteiger partial charge in [-0.3, -0.25) is 18.6 Å². The van der Waals surface area contributed by atoms with Gasteiger partial charge >= 0.3 is 5.69 Å². The predicted molar refractivity (Wildman–Crippen MR) is 130 cm³/mol. The third kappa shape index (κ3) is 4.05. The molecule has 0 aliphatic carbocycles. The molecule has 3 aromatic heterocycles. The largest absolute Gasteiger partial charge is 0.480 e. The van der Waals surface area contributed by atoms with Crippen LogP contribution in [0.4, 0.5) is 10.2 Å². The van der Waals surface area contributed by atoms with Gasteiger partial charge in [0.25, 0.3) is 5.56 Å². The van der Waals surface area contributed by atoms with Gasteiger partial charge in [0, 0.05) is 24.7 Å². The molecule has 1 aliphatic rings. The van der Waals surface area contributed by atoms with Crippen LogP contribution in [0, 0.1) is 6.92 Å². The van der Waals surface area contributed by atoms with E-state index in [4.69, 9.17) is 16.3 Å². The molecule has 0 spiro atoms.